The summed E-state index contributed by atoms with van der Waals surface area (Å²) in [4.78, 5) is 15.4. The number of nitrogens with one attached hydrogen (secondary N) is 1. The molecule has 0 unspecified atom stereocenters. The Balaban J connectivity index is 0.00000300. The number of carbonyl (C=O) groups excluding carboxylic acids is 1. The number of hydrogen-bond acceptors (Lipinski definition) is 5. The average Bonchev–Trinajstić information content (AvgIpc) is 3.36. The largest absolute Gasteiger partial charge is 0.382 e. The fraction of sp³-hybridized carbons (Fsp3) is 0.524. The van der Waals surface area contributed by atoms with E-state index in [2.05, 4.69) is 22.5 Å². The number of nitrogens with zero attached hydrogens (tertiary/aromatic N) is 3. The van der Waals surface area contributed by atoms with Crippen molar-refractivity contribution in [2.45, 2.75) is 12.5 Å². The van der Waals surface area contributed by atoms with E-state index in [1.165, 1.54) is 0 Å². The van der Waals surface area contributed by atoms with Crippen LogP contribution in [0.4, 0.5) is 0 Å². The lowest BCUT2D eigenvalue weighted by molar-refractivity contribution is -0.136. The van der Waals surface area contributed by atoms with Crippen LogP contribution in [0.3, 0.4) is 0 Å². The molecular formula is C21H31ClN4O3. The number of halogens is 1. The predicted molar refractivity (Wildman–Crippen MR) is 114 cm³/mol. The van der Waals surface area contributed by atoms with Crippen molar-refractivity contribution in [2.75, 3.05) is 46.6 Å². The molecule has 0 aliphatic carbocycles. The molecule has 1 saturated heterocycles. The van der Waals surface area contributed by atoms with Gasteiger partial charge in [-0.3, -0.25) is 9.48 Å². The molecule has 1 fully saturated rings. The first-order valence-electron chi connectivity index (χ1n) is 9.77. The molecule has 1 aliphatic heterocycles. The number of carbonyl (C=O) groups is 1. The van der Waals surface area contributed by atoms with E-state index in [-0.39, 0.29) is 30.2 Å². The van der Waals surface area contributed by atoms with Gasteiger partial charge in [0.05, 0.1) is 31.9 Å². The van der Waals surface area contributed by atoms with Crippen molar-refractivity contribution >= 4 is 18.3 Å². The van der Waals surface area contributed by atoms with Crippen LogP contribution in [-0.2, 0) is 27.9 Å². The number of amides is 1. The molecule has 0 saturated carbocycles. The van der Waals surface area contributed by atoms with Gasteiger partial charge < -0.3 is 19.7 Å². The van der Waals surface area contributed by atoms with Crippen LogP contribution in [0.15, 0.2) is 42.7 Å². The summed E-state index contributed by atoms with van der Waals surface area (Å²) in [6.07, 6.45) is 3.88. The average molecular weight is 423 g/mol. The second-order valence-corrected chi connectivity index (χ2v) is 7.17. The minimum atomic E-state index is -0.0908. The number of rotatable bonds is 10. The van der Waals surface area contributed by atoms with E-state index in [0.29, 0.717) is 39.5 Å². The summed E-state index contributed by atoms with van der Waals surface area (Å²) in [7, 11) is 3.56. The standard InChI is InChI=1S/C21H30N4O3.ClH/c1-24-16-18(12-23-24)19-13-22-14-20(19)21(26)25(8-9-28-11-10-27-2)15-17-6-4-3-5-7-17;/h3-7,12,16,19-20,22H,8-11,13-15H2,1-2H3;1H/t19-,20+;/m1./s1. The molecular weight excluding hydrogens is 392 g/mol. The summed E-state index contributed by atoms with van der Waals surface area (Å²) < 4.78 is 12.4. The third kappa shape index (κ3) is 6.54. The maximum atomic E-state index is 13.4. The van der Waals surface area contributed by atoms with Gasteiger partial charge >= 0.3 is 0 Å². The molecule has 1 N–H and O–H groups in total. The van der Waals surface area contributed by atoms with Crippen LogP contribution in [0.5, 0.6) is 0 Å². The number of methoxy groups -OCH3 is 1. The van der Waals surface area contributed by atoms with Crippen molar-refractivity contribution in [3.63, 3.8) is 0 Å². The Morgan fingerprint density at radius 1 is 1.24 bits per heavy atom. The summed E-state index contributed by atoms with van der Waals surface area (Å²) in [6, 6.07) is 10.1. The monoisotopic (exact) mass is 422 g/mol. The van der Waals surface area contributed by atoms with Crippen molar-refractivity contribution in [2.24, 2.45) is 13.0 Å². The van der Waals surface area contributed by atoms with Crippen molar-refractivity contribution in [1.82, 2.24) is 20.0 Å². The Morgan fingerprint density at radius 3 is 2.72 bits per heavy atom. The van der Waals surface area contributed by atoms with E-state index >= 15 is 0 Å². The number of hydrogen-bond donors (Lipinski definition) is 1. The number of benzene rings is 1. The van der Waals surface area contributed by atoms with Gasteiger partial charge in [0.2, 0.25) is 5.91 Å². The molecule has 160 valence electrons. The van der Waals surface area contributed by atoms with Crippen LogP contribution in [0.2, 0.25) is 0 Å². The van der Waals surface area contributed by atoms with Gasteiger partial charge in [0.15, 0.2) is 0 Å². The second-order valence-electron chi connectivity index (χ2n) is 7.17. The summed E-state index contributed by atoms with van der Waals surface area (Å²) in [5.74, 6) is 0.221. The van der Waals surface area contributed by atoms with Gasteiger partial charge in [-0.05, 0) is 11.1 Å². The third-order valence-corrected chi connectivity index (χ3v) is 5.15. The van der Waals surface area contributed by atoms with Gasteiger partial charge in [-0.2, -0.15) is 5.10 Å². The number of ether oxygens (including phenoxy) is 2. The van der Waals surface area contributed by atoms with Crippen LogP contribution in [0, 0.1) is 5.92 Å². The molecule has 29 heavy (non-hydrogen) atoms. The fourth-order valence-corrected chi connectivity index (χ4v) is 3.64. The van der Waals surface area contributed by atoms with Crippen LogP contribution in [0.1, 0.15) is 17.0 Å². The Kier molecular flexibility index (Phi) is 9.60. The van der Waals surface area contributed by atoms with E-state index in [9.17, 15) is 4.79 Å². The number of aryl methyl sites for hydroxylation is 1. The molecule has 8 heteroatoms. The molecule has 1 amide bonds. The first-order chi connectivity index (χ1) is 13.7. The smallest absolute Gasteiger partial charge is 0.228 e. The SMILES string of the molecule is COCCOCCN(Cc1ccccc1)C(=O)[C@H]1CNC[C@@H]1c1cnn(C)c1.Cl. The van der Waals surface area contributed by atoms with E-state index in [0.717, 1.165) is 17.7 Å². The molecule has 7 nitrogen and oxygen atoms in total. The lowest BCUT2D eigenvalue weighted by Crippen LogP contribution is -2.40. The Morgan fingerprint density at radius 2 is 2.03 bits per heavy atom. The van der Waals surface area contributed by atoms with E-state index in [1.807, 2.05) is 42.5 Å². The predicted octanol–water partition coefficient (Wildman–Crippen LogP) is 1.84. The lowest BCUT2D eigenvalue weighted by Gasteiger charge is -2.28. The molecule has 2 atom stereocenters. The quantitative estimate of drug-likeness (QED) is 0.592. The topological polar surface area (TPSA) is 68.6 Å². The summed E-state index contributed by atoms with van der Waals surface area (Å²) in [5.41, 5.74) is 2.23. The van der Waals surface area contributed by atoms with Crippen molar-refractivity contribution in [1.29, 1.82) is 0 Å². The fourth-order valence-electron chi connectivity index (χ4n) is 3.64. The maximum absolute atomic E-state index is 13.4. The Labute approximate surface area is 178 Å². The molecule has 0 bridgehead atoms. The highest BCUT2D eigenvalue weighted by Gasteiger charge is 2.37. The minimum Gasteiger partial charge on any atom is -0.382 e. The Hall–Kier alpha value is -1.93. The minimum absolute atomic E-state index is 0. The Bertz CT molecular complexity index is 741. The molecule has 2 heterocycles. The summed E-state index contributed by atoms with van der Waals surface area (Å²) in [5, 5.41) is 7.66. The maximum Gasteiger partial charge on any atom is 0.228 e. The highest BCUT2D eigenvalue weighted by molar-refractivity contribution is 5.85. The zero-order chi connectivity index (χ0) is 19.8. The van der Waals surface area contributed by atoms with Gasteiger partial charge in [-0.25, -0.2) is 0 Å². The number of aromatic nitrogens is 2. The van der Waals surface area contributed by atoms with Gasteiger partial charge in [0, 0.05) is 52.5 Å². The molecule has 1 aromatic heterocycles. The van der Waals surface area contributed by atoms with Crippen molar-refractivity contribution in [3.8, 4) is 0 Å². The first kappa shape index (κ1) is 23.3. The molecule has 0 spiro atoms. The van der Waals surface area contributed by atoms with Crippen LogP contribution in [0.25, 0.3) is 0 Å². The lowest BCUT2D eigenvalue weighted by atomic mass is 9.89. The highest BCUT2D eigenvalue weighted by atomic mass is 35.5. The van der Waals surface area contributed by atoms with E-state index in [4.69, 9.17) is 9.47 Å². The first-order valence-corrected chi connectivity index (χ1v) is 9.77. The molecule has 3 rings (SSSR count). The van der Waals surface area contributed by atoms with Gasteiger partial charge in [0.25, 0.3) is 0 Å². The van der Waals surface area contributed by atoms with Crippen LogP contribution < -0.4 is 5.32 Å². The van der Waals surface area contributed by atoms with E-state index in [1.54, 1.807) is 11.8 Å². The normalized spacial score (nSPS) is 18.4. The van der Waals surface area contributed by atoms with Crippen molar-refractivity contribution < 1.29 is 14.3 Å². The third-order valence-electron chi connectivity index (χ3n) is 5.15. The molecule has 2 aromatic rings. The molecule has 1 aliphatic rings. The zero-order valence-corrected chi connectivity index (χ0v) is 17.9. The van der Waals surface area contributed by atoms with E-state index < -0.39 is 0 Å². The zero-order valence-electron chi connectivity index (χ0n) is 17.1. The summed E-state index contributed by atoms with van der Waals surface area (Å²) in [6.45, 7) is 4.23. The highest BCUT2D eigenvalue weighted by Crippen LogP contribution is 2.29. The van der Waals surface area contributed by atoms with Gasteiger partial charge in [-0.15, -0.1) is 12.4 Å². The molecule has 1 aromatic carbocycles. The van der Waals surface area contributed by atoms with Crippen LogP contribution >= 0.6 is 12.4 Å². The van der Waals surface area contributed by atoms with Crippen molar-refractivity contribution in [3.05, 3.63) is 53.9 Å². The van der Waals surface area contributed by atoms with Crippen LogP contribution in [-0.4, -0.2) is 67.2 Å². The van der Waals surface area contributed by atoms with Gasteiger partial charge in [0.1, 0.15) is 0 Å². The second kappa shape index (κ2) is 11.9. The van der Waals surface area contributed by atoms with Gasteiger partial charge in [-0.1, -0.05) is 30.3 Å². The summed E-state index contributed by atoms with van der Waals surface area (Å²) >= 11 is 0. The molecule has 0 radical (unpaired) electrons.